The van der Waals surface area contributed by atoms with Crippen LogP contribution in [0.15, 0.2) is 36.4 Å². The molecule has 0 saturated carbocycles. The lowest BCUT2D eigenvalue weighted by Crippen LogP contribution is -2.15. The smallest absolute Gasteiger partial charge is 0.126 e. The Balaban J connectivity index is 2.25. The fourth-order valence-corrected chi connectivity index (χ4v) is 2.25. The number of benzene rings is 2. The zero-order valence-corrected chi connectivity index (χ0v) is 11.1. The van der Waals surface area contributed by atoms with E-state index in [4.69, 9.17) is 5.73 Å². The largest absolute Gasteiger partial charge is 0.324 e. The van der Waals surface area contributed by atoms with Gasteiger partial charge >= 0.3 is 0 Å². The number of hydrogen-bond acceptors (Lipinski definition) is 1. The molecule has 2 rings (SSSR count). The minimum absolute atomic E-state index is 0.263. The second-order valence-electron chi connectivity index (χ2n) is 4.95. The Morgan fingerprint density at radius 1 is 1.00 bits per heavy atom. The van der Waals surface area contributed by atoms with Crippen molar-refractivity contribution in [1.82, 2.24) is 0 Å². The van der Waals surface area contributed by atoms with Gasteiger partial charge in [0.1, 0.15) is 11.6 Å². The predicted molar refractivity (Wildman–Crippen MR) is 72.9 cm³/mol. The van der Waals surface area contributed by atoms with Crippen molar-refractivity contribution >= 4 is 0 Å². The van der Waals surface area contributed by atoms with Crippen LogP contribution in [0, 0.1) is 25.5 Å². The molecule has 1 atom stereocenters. The van der Waals surface area contributed by atoms with Crippen molar-refractivity contribution in [3.63, 3.8) is 0 Å². The molecule has 0 aliphatic carbocycles. The second kappa shape index (κ2) is 5.49. The first-order valence-electron chi connectivity index (χ1n) is 6.23. The van der Waals surface area contributed by atoms with Gasteiger partial charge in [0.2, 0.25) is 0 Å². The van der Waals surface area contributed by atoms with Crippen LogP contribution >= 0.6 is 0 Å². The Bertz CT molecular complexity index is 573. The van der Waals surface area contributed by atoms with Crippen LogP contribution in [0.2, 0.25) is 0 Å². The highest BCUT2D eigenvalue weighted by Gasteiger charge is 2.11. The maximum absolute atomic E-state index is 13.1. The minimum atomic E-state index is -0.567. The first-order chi connectivity index (χ1) is 8.95. The third-order valence-electron chi connectivity index (χ3n) is 3.21. The van der Waals surface area contributed by atoms with E-state index >= 15 is 0 Å². The highest BCUT2D eigenvalue weighted by Crippen LogP contribution is 2.21. The van der Waals surface area contributed by atoms with Crippen LogP contribution in [0.25, 0.3) is 0 Å². The molecule has 0 fully saturated rings. The van der Waals surface area contributed by atoms with E-state index in [1.54, 1.807) is 0 Å². The molecule has 0 heterocycles. The van der Waals surface area contributed by atoms with Gasteiger partial charge in [-0.05, 0) is 49.1 Å². The van der Waals surface area contributed by atoms with Gasteiger partial charge in [-0.25, -0.2) is 8.78 Å². The normalized spacial score (nSPS) is 12.5. The molecule has 0 aliphatic rings. The van der Waals surface area contributed by atoms with Crippen molar-refractivity contribution < 1.29 is 8.78 Å². The van der Waals surface area contributed by atoms with Gasteiger partial charge in [-0.1, -0.05) is 23.8 Å². The molecule has 2 aromatic rings. The summed E-state index contributed by atoms with van der Waals surface area (Å²) in [6.07, 6.45) is 0.416. The molecule has 19 heavy (non-hydrogen) atoms. The standard InChI is InChI=1S/C16H17F2N/c1-10-3-4-11(2)15(5-10)16(19)8-12-6-13(17)9-14(18)7-12/h3-7,9,16H,8,19H2,1-2H3. The first kappa shape index (κ1) is 13.7. The number of rotatable bonds is 3. The van der Waals surface area contributed by atoms with Crippen molar-refractivity contribution in [2.45, 2.75) is 26.3 Å². The summed E-state index contributed by atoms with van der Waals surface area (Å²) < 4.78 is 26.3. The van der Waals surface area contributed by atoms with Crippen LogP contribution in [-0.4, -0.2) is 0 Å². The molecule has 0 bridgehead atoms. The number of aryl methyl sites for hydroxylation is 2. The van der Waals surface area contributed by atoms with E-state index in [0.29, 0.717) is 12.0 Å². The van der Waals surface area contributed by atoms with E-state index in [9.17, 15) is 8.78 Å². The molecule has 0 saturated heterocycles. The van der Waals surface area contributed by atoms with Crippen LogP contribution in [-0.2, 0) is 6.42 Å². The molecule has 0 aliphatic heterocycles. The molecule has 2 aromatic carbocycles. The summed E-state index contributed by atoms with van der Waals surface area (Å²) >= 11 is 0. The lowest BCUT2D eigenvalue weighted by atomic mass is 9.94. The lowest BCUT2D eigenvalue weighted by Gasteiger charge is -2.16. The van der Waals surface area contributed by atoms with Crippen LogP contribution in [0.1, 0.15) is 28.3 Å². The van der Waals surface area contributed by atoms with Crippen molar-refractivity contribution in [2.24, 2.45) is 5.73 Å². The second-order valence-corrected chi connectivity index (χ2v) is 4.95. The maximum Gasteiger partial charge on any atom is 0.126 e. The third-order valence-corrected chi connectivity index (χ3v) is 3.21. The van der Waals surface area contributed by atoms with Gasteiger partial charge in [0.15, 0.2) is 0 Å². The van der Waals surface area contributed by atoms with Crippen LogP contribution in [0.3, 0.4) is 0 Å². The van der Waals surface area contributed by atoms with Gasteiger partial charge < -0.3 is 5.73 Å². The van der Waals surface area contributed by atoms with Gasteiger partial charge in [0.25, 0.3) is 0 Å². The van der Waals surface area contributed by atoms with Crippen molar-refractivity contribution in [2.75, 3.05) is 0 Å². The van der Waals surface area contributed by atoms with Gasteiger partial charge in [-0.15, -0.1) is 0 Å². The van der Waals surface area contributed by atoms with Gasteiger partial charge in [0.05, 0.1) is 0 Å². The fraction of sp³-hybridized carbons (Fsp3) is 0.250. The summed E-state index contributed by atoms with van der Waals surface area (Å²) in [5.74, 6) is -1.13. The highest BCUT2D eigenvalue weighted by atomic mass is 19.1. The zero-order chi connectivity index (χ0) is 14.0. The average Bonchev–Trinajstić information content (AvgIpc) is 2.30. The average molecular weight is 261 g/mol. The summed E-state index contributed by atoms with van der Waals surface area (Å²) in [5, 5.41) is 0. The first-order valence-corrected chi connectivity index (χ1v) is 6.23. The Morgan fingerprint density at radius 2 is 1.63 bits per heavy atom. The van der Waals surface area contributed by atoms with Crippen LogP contribution in [0.4, 0.5) is 8.78 Å². The molecule has 1 unspecified atom stereocenters. The summed E-state index contributed by atoms with van der Waals surface area (Å²) in [6, 6.07) is 9.32. The van der Waals surface area contributed by atoms with E-state index < -0.39 is 11.6 Å². The number of hydrogen-bond donors (Lipinski definition) is 1. The topological polar surface area (TPSA) is 26.0 Å². The van der Waals surface area contributed by atoms with E-state index in [0.717, 1.165) is 22.8 Å². The van der Waals surface area contributed by atoms with Gasteiger partial charge in [-0.3, -0.25) is 0 Å². The van der Waals surface area contributed by atoms with Gasteiger partial charge in [0, 0.05) is 12.1 Å². The number of halogens is 2. The maximum atomic E-state index is 13.1. The molecule has 3 heteroatoms. The summed E-state index contributed by atoms with van der Waals surface area (Å²) in [7, 11) is 0. The fourth-order valence-electron chi connectivity index (χ4n) is 2.25. The minimum Gasteiger partial charge on any atom is -0.324 e. The van der Waals surface area contributed by atoms with E-state index in [-0.39, 0.29) is 6.04 Å². The zero-order valence-electron chi connectivity index (χ0n) is 11.1. The van der Waals surface area contributed by atoms with E-state index in [1.165, 1.54) is 12.1 Å². The summed E-state index contributed by atoms with van der Waals surface area (Å²) in [6.45, 7) is 3.98. The van der Waals surface area contributed by atoms with Crippen molar-refractivity contribution in [3.8, 4) is 0 Å². The molecular formula is C16H17F2N. The van der Waals surface area contributed by atoms with Crippen LogP contribution in [0.5, 0.6) is 0 Å². The third kappa shape index (κ3) is 3.38. The van der Waals surface area contributed by atoms with Gasteiger partial charge in [-0.2, -0.15) is 0 Å². The molecule has 2 N–H and O–H groups in total. The molecule has 0 amide bonds. The molecule has 0 aromatic heterocycles. The Labute approximate surface area is 112 Å². The molecule has 0 spiro atoms. The van der Waals surface area contributed by atoms with Crippen molar-refractivity contribution in [3.05, 3.63) is 70.3 Å². The molecular weight excluding hydrogens is 244 g/mol. The Morgan fingerprint density at radius 3 is 2.26 bits per heavy atom. The quantitative estimate of drug-likeness (QED) is 0.893. The molecule has 100 valence electrons. The monoisotopic (exact) mass is 261 g/mol. The van der Waals surface area contributed by atoms with E-state index in [2.05, 4.69) is 0 Å². The van der Waals surface area contributed by atoms with E-state index in [1.807, 2.05) is 32.0 Å². The Hall–Kier alpha value is -1.74. The highest BCUT2D eigenvalue weighted by molar-refractivity contribution is 5.34. The summed E-state index contributed by atoms with van der Waals surface area (Å²) in [5.41, 5.74) is 9.96. The number of nitrogens with two attached hydrogens (primary N) is 1. The molecule has 0 radical (unpaired) electrons. The predicted octanol–water partition coefficient (Wildman–Crippen LogP) is 3.82. The Kier molecular flexibility index (Phi) is 3.96. The summed E-state index contributed by atoms with van der Waals surface area (Å²) in [4.78, 5) is 0. The SMILES string of the molecule is Cc1ccc(C)c(C(N)Cc2cc(F)cc(F)c2)c1. The van der Waals surface area contributed by atoms with Crippen LogP contribution < -0.4 is 5.73 Å². The lowest BCUT2D eigenvalue weighted by molar-refractivity contribution is 0.576. The van der Waals surface area contributed by atoms with Crippen molar-refractivity contribution in [1.29, 1.82) is 0 Å². The molecule has 1 nitrogen and oxygen atoms in total.